The third-order valence-corrected chi connectivity index (χ3v) is 3.26. The Kier molecular flexibility index (Phi) is 4.88. The van der Waals surface area contributed by atoms with Crippen molar-refractivity contribution in [2.24, 2.45) is 5.10 Å². The van der Waals surface area contributed by atoms with Crippen molar-refractivity contribution in [1.82, 2.24) is 10.3 Å². The summed E-state index contributed by atoms with van der Waals surface area (Å²) in [6, 6.07) is 8.31. The first kappa shape index (κ1) is 15.7. The minimum absolute atomic E-state index is 0.160. The van der Waals surface area contributed by atoms with E-state index in [9.17, 15) is 14.4 Å². The van der Waals surface area contributed by atoms with Gasteiger partial charge in [-0.25, -0.2) is 5.01 Å². The number of carbonyl (C=O) groups is 3. The second-order valence-electron chi connectivity index (χ2n) is 5.02. The van der Waals surface area contributed by atoms with Gasteiger partial charge in [0.15, 0.2) is 0 Å². The lowest BCUT2D eigenvalue weighted by Crippen LogP contribution is -2.44. The molecule has 0 saturated carbocycles. The van der Waals surface area contributed by atoms with Gasteiger partial charge in [0, 0.05) is 12.8 Å². The standard InChI is InChI=1S/C15H17N3O4/c1-10(15(21)22)16-14(20)12-7-8-13(19)18(17-12)9-11-5-3-2-4-6-11/h2-6,10H,7-9H2,1H3,(H,16,20)(H,21,22)/t10-/m1/s1. The van der Waals surface area contributed by atoms with E-state index in [1.54, 1.807) is 0 Å². The molecule has 7 nitrogen and oxygen atoms in total. The van der Waals surface area contributed by atoms with E-state index in [0.29, 0.717) is 0 Å². The van der Waals surface area contributed by atoms with Gasteiger partial charge in [-0.2, -0.15) is 5.10 Å². The van der Waals surface area contributed by atoms with Crippen molar-refractivity contribution in [3.05, 3.63) is 35.9 Å². The molecule has 0 aliphatic carbocycles. The van der Waals surface area contributed by atoms with Crippen molar-refractivity contribution in [3.63, 3.8) is 0 Å². The van der Waals surface area contributed by atoms with Crippen LogP contribution in [-0.2, 0) is 20.9 Å². The van der Waals surface area contributed by atoms with Gasteiger partial charge in [0.25, 0.3) is 5.91 Å². The maximum absolute atomic E-state index is 12.0. The summed E-state index contributed by atoms with van der Waals surface area (Å²) in [5.41, 5.74) is 1.07. The molecule has 0 fully saturated rings. The first-order chi connectivity index (χ1) is 10.5. The van der Waals surface area contributed by atoms with Crippen LogP contribution >= 0.6 is 0 Å². The van der Waals surface area contributed by atoms with Crippen LogP contribution in [0.3, 0.4) is 0 Å². The van der Waals surface area contributed by atoms with Gasteiger partial charge >= 0.3 is 5.97 Å². The summed E-state index contributed by atoms with van der Waals surface area (Å²) in [6.45, 7) is 1.65. The number of hydrogen-bond acceptors (Lipinski definition) is 4. The lowest BCUT2D eigenvalue weighted by molar-refractivity contribution is -0.140. The molecule has 0 saturated heterocycles. The lowest BCUT2D eigenvalue weighted by atomic mass is 10.1. The van der Waals surface area contributed by atoms with Gasteiger partial charge in [0.1, 0.15) is 11.8 Å². The monoisotopic (exact) mass is 303 g/mol. The molecule has 2 N–H and O–H groups in total. The minimum atomic E-state index is -1.12. The molecule has 1 aromatic carbocycles. The molecule has 0 spiro atoms. The van der Waals surface area contributed by atoms with Crippen LogP contribution in [0.2, 0.25) is 0 Å². The van der Waals surface area contributed by atoms with Crippen molar-refractivity contribution < 1.29 is 19.5 Å². The van der Waals surface area contributed by atoms with Crippen LogP contribution in [0.4, 0.5) is 0 Å². The van der Waals surface area contributed by atoms with Crippen molar-refractivity contribution in [2.45, 2.75) is 32.4 Å². The summed E-state index contributed by atoms with van der Waals surface area (Å²) < 4.78 is 0. The summed E-state index contributed by atoms with van der Waals surface area (Å²) in [7, 11) is 0. The SMILES string of the molecule is C[C@@H](NC(=O)C1=NN(Cc2ccccc2)C(=O)CC1)C(=O)O. The van der Waals surface area contributed by atoms with E-state index >= 15 is 0 Å². The number of amides is 2. The number of nitrogens with one attached hydrogen (secondary N) is 1. The number of rotatable bonds is 5. The fourth-order valence-electron chi connectivity index (χ4n) is 1.99. The van der Waals surface area contributed by atoms with E-state index in [2.05, 4.69) is 10.4 Å². The molecule has 1 aliphatic heterocycles. The molecule has 1 heterocycles. The Balaban J connectivity index is 2.09. The average molecular weight is 303 g/mol. The lowest BCUT2D eigenvalue weighted by Gasteiger charge is -2.23. The second-order valence-corrected chi connectivity index (χ2v) is 5.02. The zero-order chi connectivity index (χ0) is 16.1. The second kappa shape index (κ2) is 6.84. The molecule has 22 heavy (non-hydrogen) atoms. The van der Waals surface area contributed by atoms with E-state index in [-0.39, 0.29) is 31.0 Å². The van der Waals surface area contributed by atoms with Crippen LogP contribution in [0.1, 0.15) is 25.3 Å². The Morgan fingerprint density at radius 3 is 2.64 bits per heavy atom. The summed E-state index contributed by atoms with van der Waals surface area (Å²) in [4.78, 5) is 34.6. The Hall–Kier alpha value is -2.70. The molecule has 0 unspecified atom stereocenters. The van der Waals surface area contributed by atoms with Gasteiger partial charge in [-0.05, 0) is 12.5 Å². The van der Waals surface area contributed by atoms with E-state index < -0.39 is 17.9 Å². The fraction of sp³-hybridized carbons (Fsp3) is 0.333. The summed E-state index contributed by atoms with van der Waals surface area (Å²) >= 11 is 0. The molecule has 1 atom stereocenters. The van der Waals surface area contributed by atoms with Gasteiger partial charge in [-0.1, -0.05) is 30.3 Å². The highest BCUT2D eigenvalue weighted by Gasteiger charge is 2.26. The first-order valence-electron chi connectivity index (χ1n) is 6.93. The van der Waals surface area contributed by atoms with Crippen LogP contribution in [0.25, 0.3) is 0 Å². The van der Waals surface area contributed by atoms with Gasteiger partial charge in [0.05, 0.1) is 6.54 Å². The normalized spacial score (nSPS) is 16.0. The topological polar surface area (TPSA) is 99.1 Å². The Labute approximate surface area is 127 Å². The number of benzene rings is 1. The first-order valence-corrected chi connectivity index (χ1v) is 6.93. The van der Waals surface area contributed by atoms with Crippen LogP contribution in [0.15, 0.2) is 35.4 Å². The molecule has 0 bridgehead atoms. The van der Waals surface area contributed by atoms with Crippen LogP contribution in [0, 0.1) is 0 Å². The molecule has 0 aromatic heterocycles. The number of carbonyl (C=O) groups excluding carboxylic acids is 2. The zero-order valence-corrected chi connectivity index (χ0v) is 12.2. The average Bonchev–Trinajstić information content (AvgIpc) is 2.50. The molecule has 2 amide bonds. The quantitative estimate of drug-likeness (QED) is 0.838. The molecule has 7 heteroatoms. The molecular weight excluding hydrogens is 286 g/mol. The highest BCUT2D eigenvalue weighted by molar-refractivity contribution is 6.39. The summed E-state index contributed by atoms with van der Waals surface area (Å²) in [5.74, 6) is -1.84. The van der Waals surface area contributed by atoms with Gasteiger partial charge in [-0.3, -0.25) is 14.4 Å². The molecular formula is C15H17N3O4. The van der Waals surface area contributed by atoms with Crippen LogP contribution < -0.4 is 5.32 Å². The summed E-state index contributed by atoms with van der Waals surface area (Å²) in [5, 5.41) is 16.5. The number of carboxylic acids is 1. The maximum atomic E-state index is 12.0. The number of aliphatic carboxylic acids is 1. The van der Waals surface area contributed by atoms with Crippen molar-refractivity contribution in [2.75, 3.05) is 0 Å². The third kappa shape index (κ3) is 3.91. The van der Waals surface area contributed by atoms with Crippen molar-refractivity contribution in [3.8, 4) is 0 Å². The molecule has 116 valence electrons. The number of hydrogen-bond donors (Lipinski definition) is 2. The highest BCUT2D eigenvalue weighted by Crippen LogP contribution is 2.13. The summed E-state index contributed by atoms with van der Waals surface area (Å²) in [6.07, 6.45) is 0.392. The molecule has 0 radical (unpaired) electrons. The minimum Gasteiger partial charge on any atom is -0.480 e. The van der Waals surface area contributed by atoms with Crippen molar-refractivity contribution in [1.29, 1.82) is 0 Å². The van der Waals surface area contributed by atoms with Crippen molar-refractivity contribution >= 4 is 23.5 Å². The van der Waals surface area contributed by atoms with E-state index in [0.717, 1.165) is 5.56 Å². The molecule has 1 aliphatic rings. The number of nitrogens with zero attached hydrogens (tertiary/aromatic N) is 2. The van der Waals surface area contributed by atoms with Gasteiger partial charge in [0.2, 0.25) is 5.91 Å². The Bertz CT molecular complexity index is 612. The maximum Gasteiger partial charge on any atom is 0.325 e. The number of carboxylic acid groups (broad SMARTS) is 1. The predicted octanol–water partition coefficient (Wildman–Crippen LogP) is 0.754. The predicted molar refractivity (Wildman–Crippen MR) is 78.9 cm³/mol. The molecule has 1 aromatic rings. The highest BCUT2D eigenvalue weighted by atomic mass is 16.4. The van der Waals surface area contributed by atoms with Gasteiger partial charge < -0.3 is 10.4 Å². The van der Waals surface area contributed by atoms with E-state index in [4.69, 9.17) is 5.11 Å². The van der Waals surface area contributed by atoms with E-state index in [1.807, 2.05) is 30.3 Å². The van der Waals surface area contributed by atoms with Crippen LogP contribution in [-0.4, -0.2) is 39.7 Å². The smallest absolute Gasteiger partial charge is 0.325 e. The third-order valence-electron chi connectivity index (χ3n) is 3.26. The largest absolute Gasteiger partial charge is 0.480 e. The molecule has 2 rings (SSSR count). The Morgan fingerprint density at radius 1 is 1.32 bits per heavy atom. The van der Waals surface area contributed by atoms with Gasteiger partial charge in [-0.15, -0.1) is 0 Å². The number of hydrazone groups is 1. The van der Waals surface area contributed by atoms with Crippen LogP contribution in [0.5, 0.6) is 0 Å². The fourth-order valence-corrected chi connectivity index (χ4v) is 1.99. The zero-order valence-electron chi connectivity index (χ0n) is 12.2. The van der Waals surface area contributed by atoms with E-state index in [1.165, 1.54) is 11.9 Å². The Morgan fingerprint density at radius 2 is 2.00 bits per heavy atom.